The molecule has 1 saturated heterocycles. The minimum atomic E-state index is -0.363. The fourth-order valence-electron chi connectivity index (χ4n) is 3.49. The fraction of sp³-hybridized carbons (Fsp3) is 0.286. The highest BCUT2D eigenvalue weighted by Gasteiger charge is 2.28. The van der Waals surface area contributed by atoms with E-state index in [9.17, 15) is 9.18 Å². The summed E-state index contributed by atoms with van der Waals surface area (Å²) in [6, 6.07) is 9.75. The van der Waals surface area contributed by atoms with Gasteiger partial charge in [0.05, 0.1) is 17.4 Å². The van der Waals surface area contributed by atoms with Crippen LogP contribution in [-0.4, -0.2) is 27.3 Å². The number of amides is 1. The highest BCUT2D eigenvalue weighted by atomic mass is 32.1. The Morgan fingerprint density at radius 3 is 2.93 bits per heavy atom. The number of pyridine rings is 1. The van der Waals surface area contributed by atoms with E-state index in [1.807, 2.05) is 17.6 Å². The van der Waals surface area contributed by atoms with Crippen LogP contribution < -0.4 is 5.32 Å². The van der Waals surface area contributed by atoms with E-state index in [1.165, 1.54) is 41.2 Å². The molecule has 0 spiro atoms. The smallest absolute Gasteiger partial charge is 0.257 e. The van der Waals surface area contributed by atoms with E-state index in [0.717, 1.165) is 37.3 Å². The molecule has 1 N–H and O–H groups in total. The van der Waals surface area contributed by atoms with Crippen LogP contribution in [0, 0.1) is 12.7 Å². The van der Waals surface area contributed by atoms with E-state index in [0.29, 0.717) is 10.7 Å². The molecule has 5 nitrogen and oxygen atoms in total. The number of aryl methyl sites for hydroxylation is 1. The Labute approximate surface area is 167 Å². The van der Waals surface area contributed by atoms with Crippen molar-refractivity contribution in [2.75, 3.05) is 11.9 Å². The first-order valence-corrected chi connectivity index (χ1v) is 10.1. The zero-order chi connectivity index (χ0) is 19.5. The van der Waals surface area contributed by atoms with Gasteiger partial charge in [0.2, 0.25) is 0 Å². The van der Waals surface area contributed by atoms with Crippen LogP contribution in [0.3, 0.4) is 0 Å². The molecule has 1 aliphatic heterocycles. The number of halogens is 1. The predicted octanol–water partition coefficient (Wildman–Crippen LogP) is 4.58. The molecule has 144 valence electrons. The number of thiazole rings is 1. The van der Waals surface area contributed by atoms with E-state index < -0.39 is 0 Å². The van der Waals surface area contributed by atoms with Crippen molar-refractivity contribution < 1.29 is 9.18 Å². The predicted molar refractivity (Wildman–Crippen MR) is 108 cm³/mol. The molecule has 1 fully saturated rings. The lowest BCUT2D eigenvalue weighted by atomic mass is 10.1. The molecule has 1 atom stereocenters. The number of hydrogen-bond acceptors (Lipinski definition) is 5. The molecule has 0 saturated carbocycles. The van der Waals surface area contributed by atoms with Crippen molar-refractivity contribution in [3.05, 3.63) is 76.3 Å². The first-order valence-electron chi connectivity index (χ1n) is 9.27. The molecule has 2 aromatic heterocycles. The average Bonchev–Trinajstić information content (AvgIpc) is 3.33. The van der Waals surface area contributed by atoms with Gasteiger partial charge in [-0.25, -0.2) is 9.37 Å². The van der Waals surface area contributed by atoms with Gasteiger partial charge in [-0.05, 0) is 62.2 Å². The average molecular weight is 396 g/mol. The van der Waals surface area contributed by atoms with Crippen LogP contribution in [0.15, 0.2) is 48.0 Å². The van der Waals surface area contributed by atoms with Crippen molar-refractivity contribution in [1.82, 2.24) is 14.9 Å². The number of carbonyl (C=O) groups is 1. The molecule has 4 rings (SSSR count). The maximum atomic E-state index is 13.0. The summed E-state index contributed by atoms with van der Waals surface area (Å²) in [6.45, 7) is 3.89. The van der Waals surface area contributed by atoms with E-state index in [4.69, 9.17) is 0 Å². The first kappa shape index (κ1) is 18.7. The van der Waals surface area contributed by atoms with Crippen molar-refractivity contribution in [3.63, 3.8) is 0 Å². The molecule has 7 heteroatoms. The van der Waals surface area contributed by atoms with Crippen molar-refractivity contribution in [2.24, 2.45) is 0 Å². The number of hydrogen-bond donors (Lipinski definition) is 1. The van der Waals surface area contributed by atoms with Gasteiger partial charge in [0.15, 0.2) is 5.13 Å². The SMILES string of the molecule is Cc1cccnc1CN1CCCC1c1csc(NC(=O)c2ccc(F)cc2)n1. The third-order valence-corrected chi connectivity index (χ3v) is 5.80. The van der Waals surface area contributed by atoms with E-state index >= 15 is 0 Å². The zero-order valence-corrected chi connectivity index (χ0v) is 16.4. The molecule has 28 heavy (non-hydrogen) atoms. The van der Waals surface area contributed by atoms with Crippen LogP contribution in [0.1, 0.15) is 46.2 Å². The Hall–Kier alpha value is -2.64. The van der Waals surface area contributed by atoms with Gasteiger partial charge in [-0.3, -0.25) is 20.0 Å². The van der Waals surface area contributed by atoms with E-state index in [2.05, 4.69) is 33.2 Å². The van der Waals surface area contributed by atoms with Gasteiger partial charge < -0.3 is 0 Å². The second-order valence-corrected chi connectivity index (χ2v) is 7.79. The third kappa shape index (κ3) is 4.10. The number of likely N-dealkylation sites (tertiary alicyclic amines) is 1. The summed E-state index contributed by atoms with van der Waals surface area (Å²) in [7, 11) is 0. The van der Waals surface area contributed by atoms with E-state index in [-0.39, 0.29) is 17.8 Å². The normalized spacial score (nSPS) is 17.0. The number of nitrogens with one attached hydrogen (secondary N) is 1. The van der Waals surface area contributed by atoms with Gasteiger partial charge in [-0.15, -0.1) is 11.3 Å². The van der Waals surface area contributed by atoms with Crippen LogP contribution in [-0.2, 0) is 6.54 Å². The molecule has 1 aromatic carbocycles. The molecule has 3 heterocycles. The Balaban J connectivity index is 1.45. The topological polar surface area (TPSA) is 58.1 Å². The highest BCUT2D eigenvalue weighted by molar-refractivity contribution is 7.14. The lowest BCUT2D eigenvalue weighted by Crippen LogP contribution is -2.24. The maximum Gasteiger partial charge on any atom is 0.257 e. The molecule has 1 unspecified atom stereocenters. The number of aromatic nitrogens is 2. The van der Waals surface area contributed by atoms with Gasteiger partial charge in [0.1, 0.15) is 5.82 Å². The lowest BCUT2D eigenvalue weighted by Gasteiger charge is -2.23. The van der Waals surface area contributed by atoms with Crippen LogP contribution in [0.2, 0.25) is 0 Å². The summed E-state index contributed by atoms with van der Waals surface area (Å²) in [5, 5.41) is 5.38. The summed E-state index contributed by atoms with van der Waals surface area (Å²) >= 11 is 1.41. The number of benzene rings is 1. The van der Waals surface area contributed by atoms with Gasteiger partial charge in [0.25, 0.3) is 5.91 Å². The summed E-state index contributed by atoms with van der Waals surface area (Å²) in [5.41, 5.74) is 3.67. The van der Waals surface area contributed by atoms with Crippen molar-refractivity contribution >= 4 is 22.4 Å². The standard InChI is InChI=1S/C21H21FN4OS/c1-14-4-2-10-23-17(14)12-26-11-3-5-19(26)18-13-28-21(24-18)25-20(27)15-6-8-16(22)9-7-15/h2,4,6-10,13,19H,3,5,11-12H2,1H3,(H,24,25,27). The maximum absolute atomic E-state index is 13.0. The largest absolute Gasteiger partial charge is 0.298 e. The number of nitrogens with zero attached hydrogens (tertiary/aromatic N) is 3. The van der Waals surface area contributed by atoms with Gasteiger partial charge in [-0.2, -0.15) is 0 Å². The van der Waals surface area contributed by atoms with Crippen molar-refractivity contribution in [3.8, 4) is 0 Å². The molecule has 3 aromatic rings. The lowest BCUT2D eigenvalue weighted by molar-refractivity contribution is 0.102. The number of rotatable bonds is 5. The second kappa shape index (κ2) is 8.16. The first-order chi connectivity index (χ1) is 13.6. The highest BCUT2D eigenvalue weighted by Crippen LogP contribution is 2.34. The Morgan fingerprint density at radius 1 is 1.32 bits per heavy atom. The quantitative estimate of drug-likeness (QED) is 0.686. The number of anilines is 1. The molecular weight excluding hydrogens is 375 g/mol. The zero-order valence-electron chi connectivity index (χ0n) is 15.6. The van der Waals surface area contributed by atoms with Gasteiger partial charge >= 0.3 is 0 Å². The third-order valence-electron chi connectivity index (χ3n) is 5.02. The van der Waals surface area contributed by atoms with Crippen LogP contribution >= 0.6 is 11.3 Å². The fourth-order valence-corrected chi connectivity index (χ4v) is 4.25. The minimum absolute atomic E-state index is 0.231. The molecular formula is C21H21FN4OS. The Bertz CT molecular complexity index is 973. The molecule has 0 radical (unpaired) electrons. The second-order valence-electron chi connectivity index (χ2n) is 6.93. The molecule has 1 aliphatic rings. The summed E-state index contributed by atoms with van der Waals surface area (Å²) in [6.07, 6.45) is 3.99. The van der Waals surface area contributed by atoms with Crippen molar-refractivity contribution in [1.29, 1.82) is 0 Å². The monoisotopic (exact) mass is 396 g/mol. The molecule has 0 bridgehead atoms. The van der Waals surface area contributed by atoms with Gasteiger partial charge in [-0.1, -0.05) is 6.07 Å². The molecule has 1 amide bonds. The summed E-state index contributed by atoms with van der Waals surface area (Å²) in [5.74, 6) is -0.647. The molecule has 0 aliphatic carbocycles. The van der Waals surface area contributed by atoms with E-state index in [1.54, 1.807) is 0 Å². The van der Waals surface area contributed by atoms with Gasteiger partial charge in [0, 0.05) is 23.7 Å². The minimum Gasteiger partial charge on any atom is -0.298 e. The van der Waals surface area contributed by atoms with Crippen LogP contribution in [0.25, 0.3) is 0 Å². The summed E-state index contributed by atoms with van der Waals surface area (Å²) < 4.78 is 13.0. The van der Waals surface area contributed by atoms with Crippen LogP contribution in [0.4, 0.5) is 9.52 Å². The Morgan fingerprint density at radius 2 is 2.14 bits per heavy atom. The van der Waals surface area contributed by atoms with Crippen molar-refractivity contribution in [2.45, 2.75) is 32.4 Å². The Kier molecular flexibility index (Phi) is 5.45. The summed E-state index contributed by atoms with van der Waals surface area (Å²) in [4.78, 5) is 23.9. The van der Waals surface area contributed by atoms with Crippen LogP contribution in [0.5, 0.6) is 0 Å². The number of carbonyl (C=O) groups excluding carboxylic acids is 1.